The number of hydrogen-bond donors (Lipinski definition) is 1. The van der Waals surface area contributed by atoms with Crippen molar-refractivity contribution in [3.63, 3.8) is 0 Å². The molecule has 0 spiro atoms. The second kappa shape index (κ2) is 5.11. The van der Waals surface area contributed by atoms with Crippen molar-refractivity contribution in [2.45, 2.75) is 33.1 Å². The Balaban J connectivity index is 2.07. The molecule has 2 N–H and O–H groups in total. The van der Waals surface area contributed by atoms with Crippen molar-refractivity contribution in [2.75, 3.05) is 0 Å². The Kier molecular flexibility index (Phi) is 3.41. The van der Waals surface area contributed by atoms with Crippen molar-refractivity contribution in [2.24, 2.45) is 12.8 Å². The van der Waals surface area contributed by atoms with Gasteiger partial charge in [-0.15, -0.1) is 0 Å². The summed E-state index contributed by atoms with van der Waals surface area (Å²) in [6, 6.07) is 2.02. The summed E-state index contributed by atoms with van der Waals surface area (Å²) in [4.78, 5) is 4.95. The molecule has 0 atom stereocenters. The highest BCUT2D eigenvalue weighted by Crippen LogP contribution is 2.32. The van der Waals surface area contributed by atoms with Gasteiger partial charge in [0.05, 0.1) is 11.3 Å². The van der Waals surface area contributed by atoms with Gasteiger partial charge in [0, 0.05) is 12.7 Å². The molecule has 0 saturated carbocycles. The maximum absolute atomic E-state index is 6.02. The maximum atomic E-state index is 6.02. The van der Waals surface area contributed by atoms with Crippen LogP contribution < -0.4 is 10.5 Å². The zero-order chi connectivity index (χ0) is 15.1. The first-order chi connectivity index (χ1) is 9.97. The summed E-state index contributed by atoms with van der Waals surface area (Å²) >= 11 is 5.14. The van der Waals surface area contributed by atoms with Crippen LogP contribution in [0.1, 0.15) is 34.6 Å². The highest BCUT2D eigenvalue weighted by Gasteiger charge is 2.21. The van der Waals surface area contributed by atoms with Gasteiger partial charge in [-0.25, -0.2) is 4.98 Å². The van der Waals surface area contributed by atoms with Gasteiger partial charge in [0.1, 0.15) is 10.7 Å². The predicted molar refractivity (Wildman–Crippen MR) is 84.9 cm³/mol. The topological polar surface area (TPSA) is 66.0 Å². The number of aryl methyl sites for hydroxylation is 4. The molecule has 0 aromatic carbocycles. The van der Waals surface area contributed by atoms with E-state index in [4.69, 9.17) is 22.7 Å². The molecular formula is C15H18N4OS. The minimum atomic E-state index is 0.311. The van der Waals surface area contributed by atoms with Gasteiger partial charge in [0.2, 0.25) is 5.88 Å². The van der Waals surface area contributed by atoms with E-state index in [-0.39, 0.29) is 0 Å². The Morgan fingerprint density at radius 2 is 2.14 bits per heavy atom. The van der Waals surface area contributed by atoms with Gasteiger partial charge in [0.25, 0.3) is 0 Å². The van der Waals surface area contributed by atoms with Crippen LogP contribution in [0.3, 0.4) is 0 Å². The van der Waals surface area contributed by atoms with Crippen LogP contribution in [-0.4, -0.2) is 19.8 Å². The van der Waals surface area contributed by atoms with E-state index in [0.717, 1.165) is 42.1 Å². The highest BCUT2D eigenvalue weighted by molar-refractivity contribution is 7.80. The summed E-state index contributed by atoms with van der Waals surface area (Å²) in [7, 11) is 1.89. The molecule has 0 bridgehead atoms. The molecule has 0 aliphatic heterocycles. The molecule has 5 nitrogen and oxygen atoms in total. The molecule has 2 aromatic rings. The fraction of sp³-hybridized carbons (Fsp3) is 0.400. The molecule has 21 heavy (non-hydrogen) atoms. The number of aromatic nitrogens is 3. The molecular weight excluding hydrogens is 284 g/mol. The SMILES string of the molecule is Cc1nn(C)c(C)c1Oc1nc2c(cc1C(N)=S)CCC2. The normalized spacial score (nSPS) is 13.3. The zero-order valence-electron chi connectivity index (χ0n) is 12.4. The average Bonchev–Trinajstić information content (AvgIpc) is 2.97. The minimum absolute atomic E-state index is 0.311. The van der Waals surface area contributed by atoms with Crippen LogP contribution in [0, 0.1) is 13.8 Å². The summed E-state index contributed by atoms with van der Waals surface area (Å²) < 4.78 is 7.81. The molecule has 3 rings (SSSR count). The molecule has 0 amide bonds. The Morgan fingerprint density at radius 3 is 2.76 bits per heavy atom. The molecule has 6 heteroatoms. The summed E-state index contributed by atoms with van der Waals surface area (Å²) in [6.07, 6.45) is 3.13. The fourth-order valence-corrected chi connectivity index (χ4v) is 2.85. The van der Waals surface area contributed by atoms with Gasteiger partial charge in [-0.1, -0.05) is 12.2 Å². The molecule has 0 fully saturated rings. The monoisotopic (exact) mass is 302 g/mol. The molecule has 110 valence electrons. The summed E-state index contributed by atoms with van der Waals surface area (Å²) in [6.45, 7) is 3.87. The van der Waals surface area contributed by atoms with E-state index < -0.39 is 0 Å². The van der Waals surface area contributed by atoms with Gasteiger partial charge in [0.15, 0.2) is 5.75 Å². The first kappa shape index (κ1) is 14.0. The second-order valence-corrected chi connectivity index (χ2v) is 5.83. The van der Waals surface area contributed by atoms with Crippen molar-refractivity contribution in [1.82, 2.24) is 14.8 Å². The first-order valence-electron chi connectivity index (χ1n) is 6.98. The lowest BCUT2D eigenvalue weighted by Crippen LogP contribution is -2.13. The summed E-state index contributed by atoms with van der Waals surface area (Å²) in [5, 5.41) is 4.35. The van der Waals surface area contributed by atoms with E-state index in [1.54, 1.807) is 4.68 Å². The van der Waals surface area contributed by atoms with E-state index in [1.807, 2.05) is 27.0 Å². The molecule has 2 aromatic heterocycles. The fourth-order valence-electron chi connectivity index (χ4n) is 2.71. The van der Waals surface area contributed by atoms with Crippen LogP contribution >= 0.6 is 12.2 Å². The third kappa shape index (κ3) is 2.40. The lowest BCUT2D eigenvalue weighted by atomic mass is 10.1. The molecule has 0 saturated heterocycles. The number of rotatable bonds is 3. The van der Waals surface area contributed by atoms with Crippen LogP contribution in [0.15, 0.2) is 6.07 Å². The third-order valence-corrected chi connectivity index (χ3v) is 4.14. The third-order valence-electron chi connectivity index (χ3n) is 3.92. The van der Waals surface area contributed by atoms with Crippen LogP contribution in [0.5, 0.6) is 11.6 Å². The second-order valence-electron chi connectivity index (χ2n) is 5.39. The van der Waals surface area contributed by atoms with Crippen molar-refractivity contribution in [3.05, 3.63) is 34.3 Å². The van der Waals surface area contributed by atoms with Crippen molar-refractivity contribution in [3.8, 4) is 11.6 Å². The summed E-state index contributed by atoms with van der Waals surface area (Å²) in [5.41, 5.74) is 10.6. The minimum Gasteiger partial charge on any atom is -0.434 e. The van der Waals surface area contributed by atoms with Gasteiger partial charge in [-0.3, -0.25) is 4.68 Å². The number of nitrogens with two attached hydrogens (primary N) is 1. The quantitative estimate of drug-likeness (QED) is 0.882. The van der Waals surface area contributed by atoms with Gasteiger partial charge >= 0.3 is 0 Å². The van der Waals surface area contributed by atoms with E-state index in [1.165, 1.54) is 5.56 Å². The van der Waals surface area contributed by atoms with Crippen molar-refractivity contribution >= 4 is 17.2 Å². The Bertz CT molecular complexity index is 736. The lowest BCUT2D eigenvalue weighted by Gasteiger charge is -2.12. The Morgan fingerprint density at radius 1 is 1.38 bits per heavy atom. The van der Waals surface area contributed by atoms with Crippen LogP contribution in [-0.2, 0) is 19.9 Å². The molecule has 1 aliphatic carbocycles. The molecule has 1 aliphatic rings. The van der Waals surface area contributed by atoms with Crippen molar-refractivity contribution in [1.29, 1.82) is 0 Å². The number of hydrogen-bond acceptors (Lipinski definition) is 4. The van der Waals surface area contributed by atoms with Gasteiger partial charge in [-0.05, 0) is 44.7 Å². The lowest BCUT2D eigenvalue weighted by molar-refractivity contribution is 0.452. The van der Waals surface area contributed by atoms with Crippen LogP contribution in [0.2, 0.25) is 0 Å². The smallest absolute Gasteiger partial charge is 0.229 e. The van der Waals surface area contributed by atoms with E-state index in [0.29, 0.717) is 16.4 Å². The number of fused-ring (bicyclic) bond motifs is 1. The van der Waals surface area contributed by atoms with Crippen LogP contribution in [0.25, 0.3) is 0 Å². The summed E-state index contributed by atoms with van der Waals surface area (Å²) in [5.74, 6) is 1.21. The van der Waals surface area contributed by atoms with E-state index in [2.05, 4.69) is 10.1 Å². The van der Waals surface area contributed by atoms with Crippen molar-refractivity contribution < 1.29 is 4.74 Å². The Labute approximate surface area is 129 Å². The molecule has 2 heterocycles. The van der Waals surface area contributed by atoms with Gasteiger partial charge < -0.3 is 10.5 Å². The van der Waals surface area contributed by atoms with E-state index in [9.17, 15) is 0 Å². The largest absolute Gasteiger partial charge is 0.434 e. The number of nitrogens with zero attached hydrogens (tertiary/aromatic N) is 3. The predicted octanol–water partition coefficient (Wildman–Crippen LogP) is 2.35. The maximum Gasteiger partial charge on any atom is 0.229 e. The number of ether oxygens (including phenoxy) is 1. The molecule has 0 radical (unpaired) electrons. The molecule has 0 unspecified atom stereocenters. The van der Waals surface area contributed by atoms with Gasteiger partial charge in [-0.2, -0.15) is 5.10 Å². The number of thiocarbonyl (C=S) groups is 1. The number of pyridine rings is 1. The van der Waals surface area contributed by atoms with Crippen LogP contribution in [0.4, 0.5) is 0 Å². The first-order valence-corrected chi connectivity index (χ1v) is 7.39. The van der Waals surface area contributed by atoms with E-state index >= 15 is 0 Å². The zero-order valence-corrected chi connectivity index (χ0v) is 13.3. The average molecular weight is 302 g/mol. The standard InChI is InChI=1S/C15H18N4OS/c1-8-13(9(2)19(3)18-8)20-15-11(14(16)21)7-10-5-4-6-12(10)17-15/h7H,4-6H2,1-3H3,(H2,16,21). The highest BCUT2D eigenvalue weighted by atomic mass is 32.1. The Hall–Kier alpha value is -1.95.